The minimum Gasteiger partial charge on any atom is -0.293 e. The Morgan fingerprint density at radius 3 is 2.07 bits per heavy atom. The van der Waals surface area contributed by atoms with E-state index in [2.05, 4.69) is 13.6 Å². The second-order valence-electron chi connectivity index (χ2n) is 2.98. The molecule has 0 atom stereocenters. The van der Waals surface area contributed by atoms with Crippen LogP contribution >= 0.6 is 7.82 Å². The summed E-state index contributed by atoms with van der Waals surface area (Å²) in [6, 6.07) is 0. The molecule has 0 amide bonds. The molecule has 0 spiro atoms. The summed E-state index contributed by atoms with van der Waals surface area (Å²) >= 11 is 0. The third-order valence-corrected chi connectivity index (χ3v) is 2.80. The number of phosphoric acid groups is 1. The lowest BCUT2D eigenvalue weighted by molar-refractivity contribution is -0.131. The van der Waals surface area contributed by atoms with Gasteiger partial charge in [-0.1, -0.05) is 0 Å². The number of rotatable bonds is 6. The molecule has 0 unspecified atom stereocenters. The number of halogens is 1. The highest BCUT2D eigenvalue weighted by Gasteiger charge is 2.31. The molecule has 0 heterocycles. The van der Waals surface area contributed by atoms with Crippen LogP contribution < -0.4 is 0 Å². The van der Waals surface area contributed by atoms with E-state index in [0.717, 1.165) is 28.1 Å². The monoisotopic (exact) mass is 228 g/mol. The average Bonchev–Trinajstić information content (AvgIpc) is 2.12. The van der Waals surface area contributed by atoms with Crippen molar-refractivity contribution in [3.8, 4) is 0 Å². The van der Waals surface area contributed by atoms with E-state index in [4.69, 9.17) is 0 Å². The first-order valence-corrected chi connectivity index (χ1v) is 5.29. The number of hydrogen-bond donors (Lipinski definition) is 0. The maximum absolute atomic E-state index is 13.0. The molecule has 0 fully saturated rings. The predicted octanol–water partition coefficient (Wildman–Crippen LogP) is 1.72. The van der Waals surface area contributed by atoms with Gasteiger partial charge in [-0.15, -0.1) is 0 Å². The Kier molecular flexibility index (Phi) is 4.88. The van der Waals surface area contributed by atoms with Crippen molar-refractivity contribution in [3.63, 3.8) is 0 Å². The Bertz CT molecular complexity index is 239. The zero-order valence-electron chi connectivity index (χ0n) is 8.57. The molecule has 0 aromatic rings. The minimum absolute atomic E-state index is 0.650. The third kappa shape index (κ3) is 4.28. The van der Waals surface area contributed by atoms with Crippen LogP contribution in [-0.4, -0.2) is 32.3 Å². The van der Waals surface area contributed by atoms with E-state index >= 15 is 0 Å². The summed E-state index contributed by atoms with van der Waals surface area (Å²) in [5.74, 6) is -0.827. The molecule has 0 aromatic carbocycles. The van der Waals surface area contributed by atoms with Gasteiger partial charge in [-0.2, -0.15) is 0 Å². The molecule has 0 bridgehead atoms. The number of hydrogen-bond acceptors (Lipinski definition) is 5. The van der Waals surface area contributed by atoms with Gasteiger partial charge in [0.2, 0.25) is 0 Å². The lowest BCUT2D eigenvalue weighted by Gasteiger charge is -2.16. The van der Waals surface area contributed by atoms with Crippen molar-refractivity contribution in [2.75, 3.05) is 20.8 Å². The van der Waals surface area contributed by atoms with Crippen LogP contribution in [0.2, 0.25) is 0 Å². The zero-order valence-corrected chi connectivity index (χ0v) is 9.47. The summed E-state index contributed by atoms with van der Waals surface area (Å²) in [5, 5.41) is 0. The van der Waals surface area contributed by atoms with Crippen molar-refractivity contribution in [2.45, 2.75) is 19.5 Å². The van der Waals surface area contributed by atoms with Gasteiger partial charge in [-0.3, -0.25) is 18.4 Å². The van der Waals surface area contributed by atoms with Crippen molar-refractivity contribution in [1.82, 2.24) is 0 Å². The number of carbonyl (C=O) groups is 1. The van der Waals surface area contributed by atoms with Crippen molar-refractivity contribution in [2.24, 2.45) is 0 Å². The van der Waals surface area contributed by atoms with Gasteiger partial charge in [-0.25, -0.2) is 8.96 Å². The van der Waals surface area contributed by atoms with Crippen molar-refractivity contribution in [1.29, 1.82) is 0 Å². The Balaban J connectivity index is 4.19. The molecule has 0 rings (SSSR count). The van der Waals surface area contributed by atoms with Crippen molar-refractivity contribution >= 4 is 13.6 Å². The van der Waals surface area contributed by atoms with Crippen LogP contribution in [0, 0.1) is 0 Å². The van der Waals surface area contributed by atoms with Crippen LogP contribution in [0.25, 0.3) is 0 Å². The highest BCUT2D eigenvalue weighted by Crippen LogP contribution is 2.47. The average molecular weight is 228 g/mol. The summed E-state index contributed by atoms with van der Waals surface area (Å²) < 4.78 is 37.5. The van der Waals surface area contributed by atoms with E-state index in [1.54, 1.807) is 0 Å². The van der Waals surface area contributed by atoms with Crippen LogP contribution in [-0.2, 0) is 22.9 Å². The fraction of sp³-hybridized carbons (Fsp3) is 0.857. The van der Waals surface area contributed by atoms with Gasteiger partial charge in [0.25, 0.3) is 0 Å². The molecule has 0 aliphatic carbocycles. The van der Waals surface area contributed by atoms with Gasteiger partial charge in [0.15, 0.2) is 11.5 Å². The second kappa shape index (κ2) is 4.98. The largest absolute Gasteiger partial charge is 0.474 e. The molecule has 0 radical (unpaired) electrons. The summed E-state index contributed by atoms with van der Waals surface area (Å²) in [6.07, 6.45) is 0. The lowest BCUT2D eigenvalue weighted by atomic mass is 10.1. The van der Waals surface area contributed by atoms with Gasteiger partial charge in [-0.05, 0) is 13.8 Å². The van der Waals surface area contributed by atoms with E-state index in [-0.39, 0.29) is 0 Å². The molecule has 0 aliphatic heterocycles. The van der Waals surface area contributed by atoms with Crippen LogP contribution in [0.3, 0.4) is 0 Å². The molecule has 5 nitrogen and oxygen atoms in total. The highest BCUT2D eigenvalue weighted by atomic mass is 31.2. The number of Topliss-reactive ketones (excluding diaryl/α,β-unsaturated/α-hetero) is 1. The SMILES string of the molecule is COP(=O)(OC)OCC(=O)C(C)(C)F. The fourth-order valence-electron chi connectivity index (χ4n) is 0.489. The summed E-state index contributed by atoms with van der Waals surface area (Å²) in [7, 11) is -1.48. The van der Waals surface area contributed by atoms with Crippen molar-refractivity contribution < 1.29 is 27.3 Å². The van der Waals surface area contributed by atoms with Gasteiger partial charge < -0.3 is 0 Å². The van der Waals surface area contributed by atoms with Gasteiger partial charge in [0.1, 0.15) is 6.61 Å². The molecule has 14 heavy (non-hydrogen) atoms. The van der Waals surface area contributed by atoms with Gasteiger partial charge in [0, 0.05) is 14.2 Å². The minimum atomic E-state index is -3.69. The van der Waals surface area contributed by atoms with E-state index in [1.807, 2.05) is 0 Å². The van der Waals surface area contributed by atoms with Gasteiger partial charge in [0.05, 0.1) is 0 Å². The van der Waals surface area contributed by atoms with Crippen LogP contribution in [0.15, 0.2) is 0 Å². The molecule has 0 saturated carbocycles. The lowest BCUT2D eigenvalue weighted by Crippen LogP contribution is -2.29. The molecule has 0 aromatic heterocycles. The Morgan fingerprint density at radius 2 is 1.79 bits per heavy atom. The number of ketones is 1. The summed E-state index contributed by atoms with van der Waals surface area (Å²) in [6.45, 7) is 1.52. The second-order valence-corrected chi connectivity index (χ2v) is 4.86. The Labute approximate surface area is 82.1 Å². The molecular formula is C7H14FO5P. The first-order valence-electron chi connectivity index (χ1n) is 3.83. The third-order valence-electron chi connectivity index (χ3n) is 1.46. The fourth-order valence-corrected chi connectivity index (χ4v) is 1.12. The summed E-state index contributed by atoms with van der Waals surface area (Å²) in [4.78, 5) is 11.0. The van der Waals surface area contributed by atoms with Crippen LogP contribution in [0.4, 0.5) is 4.39 Å². The normalized spacial score (nSPS) is 12.9. The Morgan fingerprint density at radius 1 is 1.36 bits per heavy atom. The number of alkyl halides is 1. The Hall–Kier alpha value is -0.290. The van der Waals surface area contributed by atoms with Crippen molar-refractivity contribution in [3.05, 3.63) is 0 Å². The molecule has 84 valence electrons. The van der Waals surface area contributed by atoms with Gasteiger partial charge >= 0.3 is 7.82 Å². The first-order chi connectivity index (χ1) is 6.25. The van der Waals surface area contributed by atoms with E-state index in [9.17, 15) is 13.8 Å². The number of carbonyl (C=O) groups excluding carboxylic acids is 1. The number of phosphoric ester groups is 1. The standard InChI is InChI=1S/C7H14FO5P/c1-7(2,8)6(9)5-13-14(10,11-3)12-4/h5H2,1-4H3. The summed E-state index contributed by atoms with van der Waals surface area (Å²) in [5.41, 5.74) is -2.02. The smallest absolute Gasteiger partial charge is 0.293 e. The predicted molar refractivity (Wildman–Crippen MR) is 47.8 cm³/mol. The molecule has 0 saturated heterocycles. The quantitative estimate of drug-likeness (QED) is 0.647. The van der Waals surface area contributed by atoms with E-state index < -0.39 is 25.9 Å². The molecule has 0 aliphatic rings. The maximum Gasteiger partial charge on any atom is 0.474 e. The zero-order chi connectivity index (χ0) is 11.4. The molecule has 7 heteroatoms. The van der Waals surface area contributed by atoms with Crippen LogP contribution in [0.5, 0.6) is 0 Å². The molecular weight excluding hydrogens is 214 g/mol. The van der Waals surface area contributed by atoms with Crippen LogP contribution in [0.1, 0.15) is 13.8 Å². The molecule has 0 N–H and O–H groups in total. The maximum atomic E-state index is 13.0. The highest BCUT2D eigenvalue weighted by molar-refractivity contribution is 7.48. The van der Waals surface area contributed by atoms with E-state index in [1.165, 1.54) is 0 Å². The topological polar surface area (TPSA) is 61.8 Å². The van der Waals surface area contributed by atoms with E-state index in [0.29, 0.717) is 0 Å². The first kappa shape index (κ1) is 13.7.